The Hall–Kier alpha value is -2.03. The predicted octanol–water partition coefficient (Wildman–Crippen LogP) is 2.60. The lowest BCUT2D eigenvalue weighted by Gasteiger charge is -2.34. The van der Waals surface area contributed by atoms with E-state index in [-0.39, 0.29) is 0 Å². The number of benzene rings is 1. The largest absolute Gasteiger partial charge is 0.356 e. The smallest absolute Gasteiger partial charge is 0.225 e. The number of thioether (sulfide) groups is 1. The van der Waals surface area contributed by atoms with E-state index in [1.54, 1.807) is 24.2 Å². The summed E-state index contributed by atoms with van der Waals surface area (Å²) in [5, 5.41) is 7.55. The molecule has 1 aromatic carbocycles. The number of hydrogen-bond donors (Lipinski definition) is 2. The molecule has 7 nitrogen and oxygen atoms in total. The second kappa shape index (κ2) is 12.6. The van der Waals surface area contributed by atoms with Gasteiger partial charge in [-0.2, -0.15) is 0 Å². The van der Waals surface area contributed by atoms with Crippen molar-refractivity contribution in [1.82, 2.24) is 25.5 Å². The summed E-state index contributed by atoms with van der Waals surface area (Å²) >= 11 is 7.72. The van der Waals surface area contributed by atoms with E-state index in [0.29, 0.717) is 0 Å². The van der Waals surface area contributed by atoms with Crippen LogP contribution in [0.3, 0.4) is 0 Å². The maximum atomic E-state index is 5.92. The van der Waals surface area contributed by atoms with E-state index in [1.165, 1.54) is 4.90 Å². The third kappa shape index (κ3) is 7.66. The van der Waals surface area contributed by atoms with Crippen LogP contribution >= 0.6 is 23.4 Å². The molecule has 2 heterocycles. The van der Waals surface area contributed by atoms with E-state index >= 15 is 0 Å². The molecule has 2 aromatic rings. The normalized spacial score (nSPS) is 15.3. The quantitative estimate of drug-likeness (QED) is 0.265. The summed E-state index contributed by atoms with van der Waals surface area (Å²) in [4.78, 5) is 19.0. The Kier molecular flexibility index (Phi) is 9.53. The Balaban J connectivity index is 1.24. The first-order chi connectivity index (χ1) is 14.7. The third-order valence-corrected chi connectivity index (χ3v) is 6.12. The molecule has 1 saturated heterocycles. The molecule has 3 rings (SSSR count). The van der Waals surface area contributed by atoms with Gasteiger partial charge in [0, 0.05) is 74.4 Å². The van der Waals surface area contributed by atoms with Crippen molar-refractivity contribution in [2.24, 2.45) is 4.99 Å². The number of halogens is 1. The maximum Gasteiger partial charge on any atom is 0.225 e. The molecule has 1 aliphatic rings. The van der Waals surface area contributed by atoms with Crippen molar-refractivity contribution in [3.05, 3.63) is 47.7 Å². The van der Waals surface area contributed by atoms with E-state index in [0.717, 1.165) is 74.9 Å². The van der Waals surface area contributed by atoms with E-state index in [1.807, 2.05) is 37.4 Å². The predicted molar refractivity (Wildman–Crippen MR) is 127 cm³/mol. The number of piperazine rings is 1. The van der Waals surface area contributed by atoms with Gasteiger partial charge in [0.2, 0.25) is 5.95 Å². The lowest BCUT2D eigenvalue weighted by molar-refractivity contribution is 0.254. The third-order valence-electron chi connectivity index (χ3n) is 4.85. The van der Waals surface area contributed by atoms with Gasteiger partial charge in [-0.05, 0) is 43.3 Å². The molecule has 0 bridgehead atoms. The minimum atomic E-state index is 0.772. The highest BCUT2D eigenvalue weighted by atomic mass is 35.5. The Morgan fingerprint density at radius 1 is 1.07 bits per heavy atom. The molecule has 0 aliphatic carbocycles. The van der Waals surface area contributed by atoms with Gasteiger partial charge in [-0.15, -0.1) is 11.8 Å². The zero-order valence-corrected chi connectivity index (χ0v) is 19.0. The fraction of sp³-hybridized carbons (Fsp3) is 0.476. The van der Waals surface area contributed by atoms with Gasteiger partial charge in [0.25, 0.3) is 0 Å². The second-order valence-electron chi connectivity index (χ2n) is 6.96. The Bertz CT molecular complexity index is 765. The molecule has 1 aliphatic heterocycles. The number of guanidine groups is 1. The number of anilines is 1. The molecule has 30 heavy (non-hydrogen) atoms. The van der Waals surface area contributed by atoms with Crippen molar-refractivity contribution in [3.8, 4) is 0 Å². The molecule has 9 heteroatoms. The summed E-state index contributed by atoms with van der Waals surface area (Å²) in [5.41, 5.74) is 0. The summed E-state index contributed by atoms with van der Waals surface area (Å²) in [7, 11) is 1.81. The van der Waals surface area contributed by atoms with Crippen molar-refractivity contribution in [2.45, 2.75) is 11.3 Å². The monoisotopic (exact) mass is 447 g/mol. The van der Waals surface area contributed by atoms with Crippen LogP contribution in [0.25, 0.3) is 0 Å². The second-order valence-corrected chi connectivity index (χ2v) is 8.56. The SMILES string of the molecule is CN=C(NCCCN1CCN(c2ncccn2)CC1)NCCSc1ccc(Cl)cc1. The number of nitrogens with one attached hydrogen (secondary N) is 2. The van der Waals surface area contributed by atoms with Crippen LogP contribution in [-0.2, 0) is 0 Å². The van der Waals surface area contributed by atoms with E-state index in [4.69, 9.17) is 11.6 Å². The molecule has 0 radical (unpaired) electrons. The molecule has 0 saturated carbocycles. The molecular formula is C21H30ClN7S. The van der Waals surface area contributed by atoms with Crippen molar-refractivity contribution in [3.63, 3.8) is 0 Å². The standard InChI is InChI=1S/C21H30ClN7S/c1-23-20(25-11-17-30-19-6-4-18(22)5-7-19)24-10-3-12-28-13-15-29(16-14-28)21-26-8-2-9-27-21/h2,4-9H,3,10-17H2,1H3,(H2,23,24,25). The minimum Gasteiger partial charge on any atom is -0.356 e. The molecular weight excluding hydrogens is 418 g/mol. The van der Waals surface area contributed by atoms with Crippen molar-refractivity contribution in [1.29, 1.82) is 0 Å². The van der Waals surface area contributed by atoms with Gasteiger partial charge in [0.05, 0.1) is 0 Å². The number of nitrogens with zero attached hydrogens (tertiary/aromatic N) is 5. The molecule has 0 atom stereocenters. The summed E-state index contributed by atoms with van der Waals surface area (Å²) in [6.45, 7) is 6.90. The number of hydrogen-bond acceptors (Lipinski definition) is 6. The van der Waals surface area contributed by atoms with Gasteiger partial charge in [-0.1, -0.05) is 11.6 Å². The van der Waals surface area contributed by atoms with Gasteiger partial charge in [0.15, 0.2) is 5.96 Å². The average Bonchev–Trinajstić information content (AvgIpc) is 2.80. The molecule has 1 aromatic heterocycles. The summed E-state index contributed by atoms with van der Waals surface area (Å²) in [5.74, 6) is 2.67. The Morgan fingerprint density at radius 3 is 2.47 bits per heavy atom. The van der Waals surface area contributed by atoms with Crippen LogP contribution in [0.1, 0.15) is 6.42 Å². The molecule has 0 amide bonds. The van der Waals surface area contributed by atoms with Crippen LogP contribution in [-0.4, -0.2) is 79.4 Å². The van der Waals surface area contributed by atoms with Gasteiger partial charge in [-0.25, -0.2) is 9.97 Å². The van der Waals surface area contributed by atoms with Crippen molar-refractivity contribution < 1.29 is 0 Å². The average molecular weight is 448 g/mol. The van der Waals surface area contributed by atoms with Crippen LogP contribution in [0.15, 0.2) is 52.6 Å². The van der Waals surface area contributed by atoms with E-state index in [9.17, 15) is 0 Å². The maximum absolute atomic E-state index is 5.92. The molecule has 162 valence electrons. The number of aromatic nitrogens is 2. The summed E-state index contributed by atoms with van der Waals surface area (Å²) in [6.07, 6.45) is 4.69. The summed E-state index contributed by atoms with van der Waals surface area (Å²) in [6, 6.07) is 9.80. The zero-order chi connectivity index (χ0) is 21.0. The fourth-order valence-electron chi connectivity index (χ4n) is 3.23. The Morgan fingerprint density at radius 2 is 1.77 bits per heavy atom. The van der Waals surface area contributed by atoms with E-state index in [2.05, 4.69) is 35.4 Å². The van der Waals surface area contributed by atoms with Crippen LogP contribution < -0.4 is 15.5 Å². The first-order valence-electron chi connectivity index (χ1n) is 10.3. The highest BCUT2D eigenvalue weighted by Gasteiger charge is 2.18. The van der Waals surface area contributed by atoms with Crippen LogP contribution in [0.4, 0.5) is 5.95 Å². The van der Waals surface area contributed by atoms with Crippen LogP contribution in [0, 0.1) is 0 Å². The highest BCUT2D eigenvalue weighted by Crippen LogP contribution is 2.19. The first kappa shape index (κ1) is 22.7. The van der Waals surface area contributed by atoms with Crippen LogP contribution in [0.5, 0.6) is 0 Å². The van der Waals surface area contributed by atoms with Crippen molar-refractivity contribution >= 4 is 35.3 Å². The number of rotatable bonds is 9. The van der Waals surface area contributed by atoms with Crippen LogP contribution in [0.2, 0.25) is 5.02 Å². The first-order valence-corrected chi connectivity index (χ1v) is 11.7. The molecule has 0 spiro atoms. The summed E-state index contributed by atoms with van der Waals surface area (Å²) < 4.78 is 0. The Labute approximate surface area is 188 Å². The van der Waals surface area contributed by atoms with Gasteiger partial charge in [0.1, 0.15) is 0 Å². The lowest BCUT2D eigenvalue weighted by atomic mass is 10.3. The minimum absolute atomic E-state index is 0.772. The molecule has 0 unspecified atom stereocenters. The molecule has 2 N–H and O–H groups in total. The van der Waals surface area contributed by atoms with E-state index < -0.39 is 0 Å². The van der Waals surface area contributed by atoms with Gasteiger partial charge < -0.3 is 15.5 Å². The zero-order valence-electron chi connectivity index (χ0n) is 17.4. The molecule has 1 fully saturated rings. The van der Waals surface area contributed by atoms with Gasteiger partial charge in [-0.3, -0.25) is 9.89 Å². The number of aliphatic imine (C=N–C) groups is 1. The topological polar surface area (TPSA) is 68.7 Å². The fourth-order valence-corrected chi connectivity index (χ4v) is 4.12. The van der Waals surface area contributed by atoms with Crippen molar-refractivity contribution in [2.75, 3.05) is 63.5 Å². The van der Waals surface area contributed by atoms with Gasteiger partial charge >= 0.3 is 0 Å². The lowest BCUT2D eigenvalue weighted by Crippen LogP contribution is -2.47. The highest BCUT2D eigenvalue weighted by molar-refractivity contribution is 7.99.